The smallest absolute Gasteiger partial charge is 0.351 e. The topological polar surface area (TPSA) is 72.2 Å². The molecule has 2 aromatic rings. The molecule has 0 radical (unpaired) electrons. The molecule has 0 aliphatic heterocycles. The maximum Gasteiger partial charge on any atom is 0.475 e. The number of urea groups is 1. The Morgan fingerprint density at radius 2 is 1.41 bits per heavy atom. The van der Waals surface area contributed by atoms with Crippen molar-refractivity contribution in [2.45, 2.75) is 10.4 Å². The quantitative estimate of drug-likeness (QED) is 0.905. The van der Waals surface area contributed by atoms with Crippen LogP contribution in [-0.2, 0) is 10.8 Å². The number of halogens is 3. The third kappa shape index (κ3) is 3.85. The number of carbonyl (C=O) groups excluding carboxylic acids is 1. The van der Waals surface area contributed by atoms with Gasteiger partial charge in [-0.15, -0.1) is 0 Å². The molecule has 4 nitrogen and oxygen atoms in total. The maximum atomic E-state index is 12.4. The van der Waals surface area contributed by atoms with E-state index in [1.807, 2.05) is 0 Å². The predicted octanol–water partition coefficient (Wildman–Crippen LogP) is 3.47. The summed E-state index contributed by atoms with van der Waals surface area (Å²) in [7, 11) is -3.04. The lowest BCUT2D eigenvalue weighted by atomic mass is 10.1. The van der Waals surface area contributed by atoms with Gasteiger partial charge in [0.05, 0.1) is 0 Å². The number of hydrogen-bond acceptors (Lipinski definition) is 2. The number of primary amides is 1. The molecule has 0 fully saturated rings. The van der Waals surface area contributed by atoms with Crippen LogP contribution < -0.4 is 11.1 Å². The normalized spacial score (nSPS) is 12.7. The van der Waals surface area contributed by atoms with Crippen LogP contribution in [0.5, 0.6) is 0 Å². The fourth-order valence-electron chi connectivity index (χ4n) is 1.79. The number of benzene rings is 2. The lowest BCUT2D eigenvalue weighted by molar-refractivity contribution is -0.0384. The molecule has 2 amide bonds. The van der Waals surface area contributed by atoms with E-state index >= 15 is 0 Å². The second-order valence-corrected chi connectivity index (χ2v) is 5.78. The van der Waals surface area contributed by atoms with Gasteiger partial charge in [-0.1, -0.05) is 24.3 Å². The molecule has 1 atom stereocenters. The van der Waals surface area contributed by atoms with Crippen molar-refractivity contribution in [1.29, 1.82) is 0 Å². The second kappa shape index (κ2) is 6.18. The molecule has 0 aromatic heterocycles. The Labute approximate surface area is 126 Å². The minimum absolute atomic E-state index is 0.303. The molecule has 2 rings (SSSR count). The Bertz CT molecular complexity index is 698. The highest BCUT2D eigenvalue weighted by atomic mass is 32.2. The van der Waals surface area contributed by atoms with Crippen molar-refractivity contribution in [3.05, 3.63) is 48.5 Å². The van der Waals surface area contributed by atoms with Gasteiger partial charge in [-0.3, -0.25) is 0 Å². The molecule has 0 bridgehead atoms. The second-order valence-electron chi connectivity index (χ2n) is 4.31. The molecule has 3 N–H and O–H groups in total. The van der Waals surface area contributed by atoms with Crippen molar-refractivity contribution >= 4 is 22.5 Å². The van der Waals surface area contributed by atoms with Gasteiger partial charge in [0.15, 0.2) is 10.8 Å². The highest BCUT2D eigenvalue weighted by molar-refractivity contribution is 7.86. The molecule has 22 heavy (non-hydrogen) atoms. The van der Waals surface area contributed by atoms with Gasteiger partial charge in [0, 0.05) is 10.6 Å². The zero-order chi connectivity index (χ0) is 16.3. The van der Waals surface area contributed by atoms with Gasteiger partial charge in [-0.05, 0) is 35.4 Å². The minimum atomic E-state index is -4.77. The van der Waals surface area contributed by atoms with Crippen molar-refractivity contribution in [2.75, 3.05) is 5.32 Å². The molecule has 8 heteroatoms. The summed E-state index contributed by atoms with van der Waals surface area (Å²) in [5.41, 5.74) is 2.11. The van der Waals surface area contributed by atoms with Crippen molar-refractivity contribution < 1.29 is 22.2 Å². The average Bonchev–Trinajstić information content (AvgIpc) is 2.46. The molecular weight excluding hydrogens is 317 g/mol. The fourth-order valence-corrected chi connectivity index (χ4v) is 2.44. The Morgan fingerprint density at radius 3 is 1.82 bits per heavy atom. The summed E-state index contributed by atoms with van der Waals surface area (Å²) in [6.07, 6.45) is 0. The number of rotatable bonds is 3. The molecule has 0 saturated carbocycles. The van der Waals surface area contributed by atoms with E-state index in [9.17, 15) is 22.2 Å². The van der Waals surface area contributed by atoms with Gasteiger partial charge >= 0.3 is 11.5 Å². The standard InChI is InChI=1S/C14H11F3N2O2S/c15-14(16,17)22(21)12-7-3-10(4-8-12)9-1-5-11(6-2-9)19-13(18)20/h1-8H,(H3,18,19,20). The van der Waals surface area contributed by atoms with Gasteiger partial charge in [0.2, 0.25) is 0 Å². The lowest BCUT2D eigenvalue weighted by Gasteiger charge is -2.08. The van der Waals surface area contributed by atoms with Crippen LogP contribution in [0, 0.1) is 0 Å². The average molecular weight is 328 g/mol. The number of amides is 2. The van der Waals surface area contributed by atoms with Gasteiger partial charge in [0.1, 0.15) is 0 Å². The van der Waals surface area contributed by atoms with E-state index in [0.717, 1.165) is 5.56 Å². The van der Waals surface area contributed by atoms with Gasteiger partial charge in [0.25, 0.3) is 0 Å². The summed E-state index contributed by atoms with van der Waals surface area (Å²) in [5.74, 6) is 0. The summed E-state index contributed by atoms with van der Waals surface area (Å²) in [6.45, 7) is 0. The number of carbonyl (C=O) groups is 1. The van der Waals surface area contributed by atoms with E-state index in [1.165, 1.54) is 24.3 Å². The third-order valence-corrected chi connectivity index (χ3v) is 3.89. The SMILES string of the molecule is NC(=O)Nc1ccc(-c2ccc(S(=O)C(F)(F)F)cc2)cc1. The van der Waals surface area contributed by atoms with Crippen LogP contribution in [0.25, 0.3) is 11.1 Å². The van der Waals surface area contributed by atoms with Crippen molar-refractivity contribution in [3.8, 4) is 11.1 Å². The van der Waals surface area contributed by atoms with E-state index in [0.29, 0.717) is 11.3 Å². The molecular formula is C14H11F3N2O2S. The zero-order valence-corrected chi connectivity index (χ0v) is 11.9. The molecule has 0 heterocycles. The van der Waals surface area contributed by atoms with Crippen LogP contribution in [0.15, 0.2) is 53.4 Å². The van der Waals surface area contributed by atoms with Crippen LogP contribution in [0.1, 0.15) is 0 Å². The van der Waals surface area contributed by atoms with E-state index in [1.54, 1.807) is 24.3 Å². The molecule has 0 saturated heterocycles. The fraction of sp³-hybridized carbons (Fsp3) is 0.0714. The minimum Gasteiger partial charge on any atom is -0.351 e. The molecule has 1 unspecified atom stereocenters. The van der Waals surface area contributed by atoms with Crippen LogP contribution in [-0.4, -0.2) is 15.7 Å². The first-order chi connectivity index (χ1) is 10.3. The third-order valence-electron chi connectivity index (χ3n) is 2.76. The Hall–Kier alpha value is -2.35. The summed E-state index contributed by atoms with van der Waals surface area (Å²) >= 11 is 0. The Morgan fingerprint density at radius 1 is 0.955 bits per heavy atom. The van der Waals surface area contributed by atoms with Crippen molar-refractivity contribution in [3.63, 3.8) is 0 Å². The first-order valence-electron chi connectivity index (χ1n) is 6.03. The summed E-state index contributed by atoms with van der Waals surface area (Å²) in [6, 6.07) is 11.2. The first kappa shape index (κ1) is 16.0. The first-order valence-corrected chi connectivity index (χ1v) is 7.18. The Balaban J connectivity index is 2.20. The largest absolute Gasteiger partial charge is 0.475 e. The molecule has 0 aliphatic rings. The number of hydrogen-bond donors (Lipinski definition) is 2. The number of nitrogens with one attached hydrogen (secondary N) is 1. The monoisotopic (exact) mass is 328 g/mol. The molecule has 2 aromatic carbocycles. The van der Waals surface area contributed by atoms with Crippen LogP contribution in [0.2, 0.25) is 0 Å². The van der Waals surface area contributed by atoms with Crippen molar-refractivity contribution in [1.82, 2.24) is 0 Å². The highest BCUT2D eigenvalue weighted by Crippen LogP contribution is 2.28. The van der Waals surface area contributed by atoms with Gasteiger partial charge < -0.3 is 11.1 Å². The summed E-state index contributed by atoms with van der Waals surface area (Å²) in [5, 5.41) is 2.40. The van der Waals surface area contributed by atoms with Crippen LogP contribution in [0.4, 0.5) is 23.7 Å². The number of nitrogens with two attached hydrogens (primary N) is 1. The van der Waals surface area contributed by atoms with E-state index < -0.39 is 22.3 Å². The van der Waals surface area contributed by atoms with Crippen LogP contribution in [0.3, 0.4) is 0 Å². The summed E-state index contributed by atoms with van der Waals surface area (Å²) < 4.78 is 48.3. The molecule has 0 spiro atoms. The number of alkyl halides is 3. The summed E-state index contributed by atoms with van der Waals surface area (Å²) in [4.78, 5) is 10.4. The maximum absolute atomic E-state index is 12.4. The van der Waals surface area contributed by atoms with E-state index in [4.69, 9.17) is 5.73 Å². The van der Waals surface area contributed by atoms with Gasteiger partial charge in [-0.2, -0.15) is 13.2 Å². The van der Waals surface area contributed by atoms with E-state index in [2.05, 4.69) is 5.32 Å². The predicted molar refractivity (Wildman–Crippen MR) is 77.5 cm³/mol. The Kier molecular flexibility index (Phi) is 4.51. The number of anilines is 1. The van der Waals surface area contributed by atoms with Crippen molar-refractivity contribution in [2.24, 2.45) is 5.73 Å². The molecule has 116 valence electrons. The highest BCUT2D eigenvalue weighted by Gasteiger charge is 2.37. The lowest BCUT2D eigenvalue weighted by Crippen LogP contribution is -2.19. The van der Waals surface area contributed by atoms with Crippen LogP contribution >= 0.6 is 0 Å². The molecule has 0 aliphatic carbocycles. The van der Waals surface area contributed by atoms with Gasteiger partial charge in [-0.25, -0.2) is 9.00 Å². The van der Waals surface area contributed by atoms with E-state index in [-0.39, 0.29) is 4.90 Å². The zero-order valence-electron chi connectivity index (χ0n) is 11.1.